The van der Waals surface area contributed by atoms with Crippen LogP contribution >= 0.6 is 0 Å². The van der Waals surface area contributed by atoms with Gasteiger partial charge in [-0.3, -0.25) is 14.5 Å². The number of hydrogen-bond acceptors (Lipinski definition) is 5. The summed E-state index contributed by atoms with van der Waals surface area (Å²) in [4.78, 5) is 44.1. The third-order valence-corrected chi connectivity index (χ3v) is 6.84. The quantitative estimate of drug-likeness (QED) is 0.542. The fraction of sp³-hybridized carbons (Fsp3) is 0.609. The van der Waals surface area contributed by atoms with E-state index in [2.05, 4.69) is 17.9 Å². The molecule has 1 aliphatic carbocycles. The molecule has 31 heavy (non-hydrogen) atoms. The second kappa shape index (κ2) is 9.26. The van der Waals surface area contributed by atoms with E-state index in [9.17, 15) is 14.4 Å². The predicted octanol–water partition coefficient (Wildman–Crippen LogP) is 1.12. The molecular formula is C23H33N4O4+. The molecule has 0 aromatic heterocycles. The van der Waals surface area contributed by atoms with Gasteiger partial charge in [-0.15, -0.1) is 0 Å². The zero-order valence-corrected chi connectivity index (χ0v) is 18.5. The summed E-state index contributed by atoms with van der Waals surface area (Å²) in [6.07, 6.45) is 3.90. The molecule has 4 rings (SSSR count). The molecule has 2 atom stereocenters. The topological polar surface area (TPSA) is 74.6 Å². The highest BCUT2D eigenvalue weighted by Gasteiger charge is 2.50. The van der Waals surface area contributed by atoms with Gasteiger partial charge in [0.15, 0.2) is 6.67 Å². The minimum absolute atomic E-state index is 0.149. The van der Waals surface area contributed by atoms with Crippen molar-refractivity contribution in [2.24, 2.45) is 5.92 Å². The number of benzene rings is 1. The third kappa shape index (κ3) is 4.26. The lowest BCUT2D eigenvalue weighted by atomic mass is 9.85. The zero-order valence-electron chi connectivity index (χ0n) is 18.5. The molecule has 2 saturated heterocycles. The van der Waals surface area contributed by atoms with E-state index in [0.717, 1.165) is 68.2 Å². The number of hydrogen-bond donors (Lipinski definition) is 1. The highest BCUT2D eigenvalue weighted by atomic mass is 16.5. The molecule has 8 nitrogen and oxygen atoms in total. The van der Waals surface area contributed by atoms with Crippen molar-refractivity contribution in [1.29, 1.82) is 0 Å². The number of carbonyl (C=O) groups excluding carboxylic acids is 3. The highest BCUT2D eigenvalue weighted by molar-refractivity contribution is 6.44. The summed E-state index contributed by atoms with van der Waals surface area (Å²) in [5, 5.41) is 0. The Kier molecular flexibility index (Phi) is 6.46. The van der Waals surface area contributed by atoms with Crippen molar-refractivity contribution in [3.8, 4) is 5.75 Å². The maximum absolute atomic E-state index is 13.0. The predicted molar refractivity (Wildman–Crippen MR) is 116 cm³/mol. The summed E-state index contributed by atoms with van der Waals surface area (Å²) in [6.45, 7) is 8.08. The first-order chi connectivity index (χ1) is 15.0. The monoisotopic (exact) mass is 429 g/mol. The molecule has 8 heteroatoms. The van der Waals surface area contributed by atoms with E-state index < -0.39 is 17.8 Å². The number of quaternary nitrogens is 1. The minimum atomic E-state index is -0.667. The van der Waals surface area contributed by atoms with Gasteiger partial charge in [0.05, 0.1) is 38.5 Å². The molecule has 2 heterocycles. The maximum atomic E-state index is 13.0. The molecule has 0 unspecified atom stereocenters. The average Bonchev–Trinajstić information content (AvgIpc) is 2.99. The summed E-state index contributed by atoms with van der Waals surface area (Å²) in [6, 6.07) is 7.44. The molecule has 1 N–H and O–H groups in total. The standard InChI is InChI=1S/C23H32N4O4/c1-3-31-20-11-7-6-10-19(20)25-14-12-24(13-15-25)16-26-21(28)22(29)27(23(26)30)18-9-5-4-8-17(18)2/h6-7,10-11,17-18H,3-5,8-9,12-16H2,1-2H3/p+1/t17-,18+/m1/s1. The number of anilines is 1. The number of imide groups is 2. The Labute approximate surface area is 183 Å². The fourth-order valence-electron chi connectivity index (χ4n) is 5.08. The first-order valence-electron chi connectivity index (χ1n) is 11.5. The van der Waals surface area contributed by atoms with Crippen LogP contribution in [-0.4, -0.2) is 73.1 Å². The zero-order chi connectivity index (χ0) is 22.0. The van der Waals surface area contributed by atoms with Crippen molar-refractivity contribution in [2.75, 3.05) is 44.4 Å². The number of rotatable bonds is 6. The highest BCUT2D eigenvalue weighted by Crippen LogP contribution is 2.31. The van der Waals surface area contributed by atoms with Gasteiger partial charge < -0.3 is 14.5 Å². The van der Waals surface area contributed by atoms with Crippen molar-refractivity contribution >= 4 is 23.5 Å². The third-order valence-electron chi connectivity index (χ3n) is 6.84. The van der Waals surface area contributed by atoms with Gasteiger partial charge in [0.2, 0.25) is 0 Å². The number of ether oxygens (including phenoxy) is 1. The van der Waals surface area contributed by atoms with Crippen LogP contribution in [0.2, 0.25) is 0 Å². The number of nitrogens with zero attached hydrogens (tertiary/aromatic N) is 3. The lowest BCUT2D eigenvalue weighted by Gasteiger charge is -2.36. The van der Waals surface area contributed by atoms with Crippen LogP contribution in [0.4, 0.5) is 10.5 Å². The fourth-order valence-corrected chi connectivity index (χ4v) is 5.08. The van der Waals surface area contributed by atoms with Crippen LogP contribution < -0.4 is 14.5 Å². The van der Waals surface area contributed by atoms with E-state index >= 15 is 0 Å². The number of piperazine rings is 1. The van der Waals surface area contributed by atoms with Gasteiger partial charge in [0.25, 0.3) is 0 Å². The Morgan fingerprint density at radius 1 is 1.03 bits per heavy atom. The smallest absolute Gasteiger partial charge is 0.338 e. The Morgan fingerprint density at radius 3 is 2.45 bits per heavy atom. The molecule has 1 aromatic rings. The first kappa shape index (κ1) is 21.6. The number of amides is 4. The first-order valence-corrected chi connectivity index (χ1v) is 11.5. The second-order valence-electron chi connectivity index (χ2n) is 8.82. The molecular weight excluding hydrogens is 396 g/mol. The van der Waals surface area contributed by atoms with Crippen molar-refractivity contribution in [1.82, 2.24) is 9.80 Å². The molecule has 4 amide bonds. The number of nitrogens with one attached hydrogen (secondary N) is 1. The molecule has 2 aliphatic heterocycles. The van der Waals surface area contributed by atoms with E-state index in [4.69, 9.17) is 4.74 Å². The number of carbonyl (C=O) groups is 3. The van der Waals surface area contributed by atoms with Gasteiger partial charge >= 0.3 is 17.8 Å². The lowest BCUT2D eigenvalue weighted by molar-refractivity contribution is -0.907. The number of urea groups is 1. The van der Waals surface area contributed by atoms with Gasteiger partial charge in [-0.05, 0) is 37.8 Å². The van der Waals surface area contributed by atoms with Crippen LogP contribution in [0.15, 0.2) is 24.3 Å². The van der Waals surface area contributed by atoms with Gasteiger partial charge in [0, 0.05) is 6.04 Å². The Hall–Kier alpha value is -2.61. The van der Waals surface area contributed by atoms with Gasteiger partial charge in [-0.25, -0.2) is 9.69 Å². The van der Waals surface area contributed by atoms with Gasteiger partial charge in [0.1, 0.15) is 5.75 Å². The minimum Gasteiger partial charge on any atom is -0.492 e. The number of para-hydroxylation sites is 2. The van der Waals surface area contributed by atoms with E-state index in [1.807, 2.05) is 25.1 Å². The maximum Gasteiger partial charge on any atom is 0.338 e. The summed E-state index contributed by atoms with van der Waals surface area (Å²) in [5.41, 5.74) is 1.07. The van der Waals surface area contributed by atoms with Crippen LogP contribution in [0.1, 0.15) is 39.5 Å². The van der Waals surface area contributed by atoms with Crippen molar-refractivity contribution in [3.05, 3.63) is 24.3 Å². The van der Waals surface area contributed by atoms with Crippen LogP contribution in [0, 0.1) is 5.92 Å². The summed E-state index contributed by atoms with van der Waals surface area (Å²) in [5.74, 6) is -0.191. The lowest BCUT2D eigenvalue weighted by Crippen LogP contribution is -3.16. The summed E-state index contributed by atoms with van der Waals surface area (Å²) < 4.78 is 5.75. The Balaban J connectivity index is 1.38. The second-order valence-corrected chi connectivity index (χ2v) is 8.82. The van der Waals surface area contributed by atoms with E-state index in [1.165, 1.54) is 9.80 Å². The van der Waals surface area contributed by atoms with Gasteiger partial charge in [-0.2, -0.15) is 0 Å². The largest absolute Gasteiger partial charge is 0.492 e. The van der Waals surface area contributed by atoms with E-state index in [-0.39, 0.29) is 18.6 Å². The molecule has 0 spiro atoms. The average molecular weight is 430 g/mol. The molecule has 3 fully saturated rings. The van der Waals surface area contributed by atoms with Crippen LogP contribution in [0.3, 0.4) is 0 Å². The molecule has 0 bridgehead atoms. The summed E-state index contributed by atoms with van der Waals surface area (Å²) >= 11 is 0. The van der Waals surface area contributed by atoms with Crippen molar-refractivity contribution < 1.29 is 24.0 Å². The SMILES string of the molecule is CCOc1ccccc1N1CC[NH+](CN2C(=O)C(=O)N([C@H]3CCCC[C@H]3C)C2=O)CC1. The molecule has 1 saturated carbocycles. The molecule has 3 aliphatic rings. The van der Waals surface area contributed by atoms with E-state index in [1.54, 1.807) is 0 Å². The molecule has 0 radical (unpaired) electrons. The van der Waals surface area contributed by atoms with Crippen molar-refractivity contribution in [2.45, 2.75) is 45.6 Å². The Morgan fingerprint density at radius 2 is 1.74 bits per heavy atom. The molecule has 1 aromatic carbocycles. The van der Waals surface area contributed by atoms with Crippen LogP contribution in [0.25, 0.3) is 0 Å². The Bertz CT molecular complexity index is 837. The van der Waals surface area contributed by atoms with Gasteiger partial charge in [-0.1, -0.05) is 31.9 Å². The molecule has 168 valence electrons. The normalized spacial score (nSPS) is 25.5. The van der Waals surface area contributed by atoms with E-state index in [0.29, 0.717) is 6.61 Å². The van der Waals surface area contributed by atoms with Crippen LogP contribution in [-0.2, 0) is 9.59 Å². The summed E-state index contributed by atoms with van der Waals surface area (Å²) in [7, 11) is 0. The van der Waals surface area contributed by atoms with Crippen LogP contribution in [0.5, 0.6) is 5.75 Å². The van der Waals surface area contributed by atoms with Crippen molar-refractivity contribution in [3.63, 3.8) is 0 Å².